The zero-order valence-electron chi connectivity index (χ0n) is 9.88. The molecule has 0 aliphatic rings. The van der Waals surface area contributed by atoms with E-state index < -0.39 is 11.7 Å². The van der Waals surface area contributed by atoms with E-state index in [1.807, 2.05) is 0 Å². The summed E-state index contributed by atoms with van der Waals surface area (Å²) >= 11 is 11.4. The lowest BCUT2D eigenvalue weighted by Crippen LogP contribution is -2.13. The van der Waals surface area contributed by atoms with Crippen LogP contribution in [-0.4, -0.2) is 10.9 Å². The number of hydrogen-bond donors (Lipinski definition) is 1. The number of halogens is 3. The summed E-state index contributed by atoms with van der Waals surface area (Å²) in [7, 11) is 0. The molecule has 0 radical (unpaired) electrons. The highest BCUT2D eigenvalue weighted by atomic mass is 35.5. The van der Waals surface area contributed by atoms with Gasteiger partial charge in [-0.25, -0.2) is 9.37 Å². The number of carbonyl (C=O) groups is 1. The first kappa shape index (κ1) is 13.8. The van der Waals surface area contributed by atoms with Gasteiger partial charge in [-0.15, -0.1) is 0 Å². The van der Waals surface area contributed by atoms with Gasteiger partial charge in [-0.1, -0.05) is 23.2 Å². The van der Waals surface area contributed by atoms with Crippen molar-refractivity contribution in [2.75, 3.05) is 5.32 Å². The summed E-state index contributed by atoms with van der Waals surface area (Å²) in [6, 6.07) is 6.99. The quantitative estimate of drug-likeness (QED) is 0.849. The molecule has 0 fully saturated rings. The standard InChI is InChI=1S/C13H9Cl2FN2O/c1-7-11(4-5-12(15)17-7)18-13(19)8-2-3-10(16)9(14)6-8/h2-6H,1H3,(H,18,19). The highest BCUT2D eigenvalue weighted by Gasteiger charge is 2.10. The summed E-state index contributed by atoms with van der Waals surface area (Å²) in [5.41, 5.74) is 1.39. The molecule has 2 aromatic rings. The van der Waals surface area contributed by atoms with Gasteiger partial charge in [-0.3, -0.25) is 4.79 Å². The maximum Gasteiger partial charge on any atom is 0.255 e. The summed E-state index contributed by atoms with van der Waals surface area (Å²) < 4.78 is 13.0. The molecule has 0 bridgehead atoms. The van der Waals surface area contributed by atoms with E-state index in [-0.39, 0.29) is 10.6 Å². The Labute approximate surface area is 119 Å². The number of anilines is 1. The van der Waals surface area contributed by atoms with Crippen molar-refractivity contribution in [1.82, 2.24) is 4.98 Å². The van der Waals surface area contributed by atoms with Gasteiger partial charge in [0.2, 0.25) is 0 Å². The fourth-order valence-electron chi connectivity index (χ4n) is 1.49. The first-order chi connectivity index (χ1) is 8.97. The number of amides is 1. The largest absolute Gasteiger partial charge is 0.320 e. The van der Waals surface area contributed by atoms with Crippen LogP contribution in [0.2, 0.25) is 10.2 Å². The van der Waals surface area contributed by atoms with Crippen LogP contribution in [-0.2, 0) is 0 Å². The fourth-order valence-corrected chi connectivity index (χ4v) is 1.86. The normalized spacial score (nSPS) is 10.3. The molecule has 0 saturated heterocycles. The third-order valence-corrected chi connectivity index (χ3v) is 2.98. The Morgan fingerprint density at radius 3 is 2.63 bits per heavy atom. The van der Waals surface area contributed by atoms with Crippen molar-refractivity contribution >= 4 is 34.8 Å². The molecule has 1 N–H and O–H groups in total. The van der Waals surface area contributed by atoms with E-state index in [1.54, 1.807) is 19.1 Å². The molecule has 0 aliphatic heterocycles. The van der Waals surface area contributed by atoms with E-state index in [9.17, 15) is 9.18 Å². The third-order valence-electron chi connectivity index (χ3n) is 2.48. The van der Waals surface area contributed by atoms with E-state index in [0.29, 0.717) is 16.5 Å². The number of aromatic nitrogens is 1. The minimum absolute atomic E-state index is 0.0985. The average molecular weight is 299 g/mol. The topological polar surface area (TPSA) is 42.0 Å². The van der Waals surface area contributed by atoms with Crippen molar-refractivity contribution in [2.24, 2.45) is 0 Å². The number of nitrogens with zero attached hydrogens (tertiary/aromatic N) is 1. The van der Waals surface area contributed by atoms with Crippen LogP contribution in [0.25, 0.3) is 0 Å². The zero-order valence-corrected chi connectivity index (χ0v) is 11.4. The monoisotopic (exact) mass is 298 g/mol. The number of benzene rings is 1. The number of carbonyl (C=O) groups excluding carboxylic acids is 1. The molecule has 98 valence electrons. The van der Waals surface area contributed by atoms with Crippen molar-refractivity contribution in [3.05, 3.63) is 57.6 Å². The Morgan fingerprint density at radius 1 is 1.26 bits per heavy atom. The van der Waals surface area contributed by atoms with Crippen LogP contribution in [0.15, 0.2) is 30.3 Å². The van der Waals surface area contributed by atoms with Crippen LogP contribution in [0, 0.1) is 12.7 Å². The molecule has 6 heteroatoms. The van der Waals surface area contributed by atoms with Gasteiger partial charge in [-0.05, 0) is 37.3 Å². The second-order valence-corrected chi connectivity index (χ2v) is 4.64. The molecule has 3 nitrogen and oxygen atoms in total. The van der Waals surface area contributed by atoms with E-state index >= 15 is 0 Å². The Bertz CT molecular complexity index is 647. The SMILES string of the molecule is Cc1nc(Cl)ccc1NC(=O)c1ccc(F)c(Cl)c1. The Morgan fingerprint density at radius 2 is 2.00 bits per heavy atom. The van der Waals surface area contributed by atoms with E-state index in [2.05, 4.69) is 10.3 Å². The molecule has 0 spiro atoms. The van der Waals surface area contributed by atoms with E-state index in [0.717, 1.165) is 6.07 Å². The molecule has 0 atom stereocenters. The summed E-state index contributed by atoms with van der Waals surface area (Å²) in [6.45, 7) is 1.72. The molecule has 0 saturated carbocycles. The number of rotatable bonds is 2. The lowest BCUT2D eigenvalue weighted by molar-refractivity contribution is 0.102. The number of pyridine rings is 1. The second kappa shape index (κ2) is 5.55. The van der Waals surface area contributed by atoms with Crippen LogP contribution in [0.4, 0.5) is 10.1 Å². The first-order valence-corrected chi connectivity index (χ1v) is 6.12. The molecule has 0 unspecified atom stereocenters. The van der Waals surface area contributed by atoms with Crippen molar-refractivity contribution in [3.8, 4) is 0 Å². The van der Waals surface area contributed by atoms with Gasteiger partial charge in [0.25, 0.3) is 5.91 Å². The molecule has 1 aromatic carbocycles. The van der Waals surface area contributed by atoms with Crippen molar-refractivity contribution in [1.29, 1.82) is 0 Å². The zero-order chi connectivity index (χ0) is 14.0. The Hall–Kier alpha value is -1.65. The number of nitrogens with one attached hydrogen (secondary N) is 1. The highest BCUT2D eigenvalue weighted by molar-refractivity contribution is 6.31. The fraction of sp³-hybridized carbons (Fsp3) is 0.0769. The van der Waals surface area contributed by atoms with Gasteiger partial charge in [-0.2, -0.15) is 0 Å². The summed E-state index contributed by atoms with van der Waals surface area (Å²) in [6.07, 6.45) is 0. The number of aryl methyl sites for hydroxylation is 1. The lowest BCUT2D eigenvalue weighted by atomic mass is 10.2. The van der Waals surface area contributed by atoms with Gasteiger partial charge in [0, 0.05) is 5.56 Å². The lowest BCUT2D eigenvalue weighted by Gasteiger charge is -2.08. The maximum atomic E-state index is 13.0. The predicted octanol–water partition coefficient (Wildman–Crippen LogP) is 4.09. The summed E-state index contributed by atoms with van der Waals surface area (Å²) in [5, 5.41) is 2.91. The molecule has 1 heterocycles. The van der Waals surface area contributed by atoms with Crippen LogP contribution in [0.3, 0.4) is 0 Å². The van der Waals surface area contributed by atoms with Gasteiger partial charge < -0.3 is 5.32 Å². The molecule has 19 heavy (non-hydrogen) atoms. The van der Waals surface area contributed by atoms with E-state index in [1.165, 1.54) is 12.1 Å². The van der Waals surface area contributed by atoms with Crippen molar-refractivity contribution < 1.29 is 9.18 Å². The smallest absolute Gasteiger partial charge is 0.255 e. The van der Waals surface area contributed by atoms with Gasteiger partial charge >= 0.3 is 0 Å². The third kappa shape index (κ3) is 3.22. The molecule has 0 aliphatic carbocycles. The molecule has 1 aromatic heterocycles. The number of hydrogen-bond acceptors (Lipinski definition) is 2. The van der Waals surface area contributed by atoms with Crippen LogP contribution in [0.1, 0.15) is 16.1 Å². The predicted molar refractivity (Wildman–Crippen MR) is 73.3 cm³/mol. The summed E-state index contributed by atoms with van der Waals surface area (Å²) in [5.74, 6) is -0.961. The van der Waals surface area contributed by atoms with Crippen LogP contribution in [0.5, 0.6) is 0 Å². The van der Waals surface area contributed by atoms with Crippen LogP contribution >= 0.6 is 23.2 Å². The second-order valence-electron chi connectivity index (χ2n) is 3.85. The van der Waals surface area contributed by atoms with Crippen LogP contribution < -0.4 is 5.32 Å². The molecule has 1 amide bonds. The minimum atomic E-state index is -0.567. The minimum Gasteiger partial charge on any atom is -0.320 e. The molecular weight excluding hydrogens is 290 g/mol. The van der Waals surface area contributed by atoms with Crippen molar-refractivity contribution in [3.63, 3.8) is 0 Å². The highest BCUT2D eigenvalue weighted by Crippen LogP contribution is 2.19. The average Bonchev–Trinajstić information content (AvgIpc) is 2.36. The summed E-state index contributed by atoms with van der Waals surface area (Å²) in [4.78, 5) is 16.0. The van der Waals surface area contributed by atoms with Gasteiger partial charge in [0.15, 0.2) is 0 Å². The van der Waals surface area contributed by atoms with E-state index in [4.69, 9.17) is 23.2 Å². The van der Waals surface area contributed by atoms with Gasteiger partial charge in [0.1, 0.15) is 11.0 Å². The molecule has 2 rings (SSSR count). The van der Waals surface area contributed by atoms with Crippen molar-refractivity contribution in [2.45, 2.75) is 6.92 Å². The Balaban J connectivity index is 2.23. The first-order valence-electron chi connectivity index (χ1n) is 5.37. The molecular formula is C13H9Cl2FN2O. The Kier molecular flexibility index (Phi) is 4.02. The van der Waals surface area contributed by atoms with Gasteiger partial charge in [0.05, 0.1) is 16.4 Å². The maximum absolute atomic E-state index is 13.0.